The number of nitrogens with one attached hydrogen (secondary N) is 1. The van der Waals surface area contributed by atoms with Crippen molar-refractivity contribution in [1.82, 2.24) is 19.1 Å². The van der Waals surface area contributed by atoms with Gasteiger partial charge in [0, 0.05) is 25.5 Å². The number of H-pyrrole nitrogens is 1. The van der Waals surface area contributed by atoms with Gasteiger partial charge in [-0.15, -0.1) is 0 Å². The maximum atomic E-state index is 13.6. The van der Waals surface area contributed by atoms with Crippen LogP contribution in [0, 0.1) is 16.4 Å². The van der Waals surface area contributed by atoms with Gasteiger partial charge in [0.2, 0.25) is 0 Å². The van der Waals surface area contributed by atoms with Crippen molar-refractivity contribution in [3.05, 3.63) is 46.8 Å². The maximum absolute atomic E-state index is 13.6. The van der Waals surface area contributed by atoms with Gasteiger partial charge in [-0.3, -0.25) is 0 Å². The number of nitrogens with zero attached hydrogens (tertiary/aromatic N) is 3. The number of rotatable bonds is 2. The summed E-state index contributed by atoms with van der Waals surface area (Å²) in [7, 11) is 1.85. The number of aromatic nitrogens is 4. The Labute approximate surface area is 112 Å². The van der Waals surface area contributed by atoms with E-state index in [4.69, 9.17) is 12.2 Å². The van der Waals surface area contributed by atoms with E-state index in [0.717, 1.165) is 11.9 Å². The van der Waals surface area contributed by atoms with Crippen molar-refractivity contribution in [1.29, 1.82) is 0 Å². The molecule has 0 unspecified atom stereocenters. The van der Waals surface area contributed by atoms with E-state index in [-0.39, 0.29) is 5.52 Å². The van der Waals surface area contributed by atoms with Crippen molar-refractivity contribution in [3.8, 4) is 0 Å². The zero-order chi connectivity index (χ0) is 13.6. The Morgan fingerprint density at radius 2 is 2.16 bits per heavy atom. The summed E-state index contributed by atoms with van der Waals surface area (Å²) >= 11 is 5.15. The number of halogens is 2. The number of hydrogen-bond donors (Lipinski definition) is 1. The van der Waals surface area contributed by atoms with Crippen molar-refractivity contribution < 1.29 is 8.78 Å². The highest BCUT2D eigenvalue weighted by atomic mass is 32.1. The van der Waals surface area contributed by atoms with E-state index in [0.29, 0.717) is 16.8 Å². The maximum Gasteiger partial charge on any atom is 0.178 e. The molecule has 3 rings (SSSR count). The smallest absolute Gasteiger partial charge is 0.178 e. The van der Waals surface area contributed by atoms with E-state index in [9.17, 15) is 8.78 Å². The lowest BCUT2D eigenvalue weighted by Gasteiger charge is -2.05. The first-order chi connectivity index (χ1) is 9.06. The standard InChI is InChI=1S/C12H10F2N4S/c1-17-3-2-15-10(17)6-18-9-5-7(13)4-8(14)11(9)16-12(18)19/h2-5H,6H2,1H3,(H,16,19). The number of aromatic amines is 1. The lowest BCUT2D eigenvalue weighted by molar-refractivity contribution is 0.590. The molecule has 0 fully saturated rings. The molecule has 0 spiro atoms. The highest BCUT2D eigenvalue weighted by molar-refractivity contribution is 7.71. The zero-order valence-electron chi connectivity index (χ0n) is 10.0. The molecule has 1 N–H and O–H groups in total. The van der Waals surface area contributed by atoms with Crippen LogP contribution in [0.5, 0.6) is 0 Å². The molecule has 98 valence electrons. The average Bonchev–Trinajstić information content (AvgIpc) is 2.87. The Bertz CT molecular complexity index is 815. The number of aryl methyl sites for hydroxylation is 1. The Hall–Kier alpha value is -2.02. The van der Waals surface area contributed by atoms with Crippen LogP contribution in [0.4, 0.5) is 8.78 Å². The number of imidazole rings is 2. The second-order valence-electron chi connectivity index (χ2n) is 4.25. The third-order valence-electron chi connectivity index (χ3n) is 3.02. The molecule has 0 aliphatic carbocycles. The first-order valence-corrected chi connectivity index (χ1v) is 6.01. The van der Waals surface area contributed by atoms with Gasteiger partial charge < -0.3 is 14.1 Å². The van der Waals surface area contributed by atoms with Crippen LogP contribution in [-0.2, 0) is 13.6 Å². The van der Waals surface area contributed by atoms with Crippen molar-refractivity contribution in [3.63, 3.8) is 0 Å². The number of benzene rings is 1. The Morgan fingerprint density at radius 1 is 1.37 bits per heavy atom. The molecule has 0 amide bonds. The molecule has 0 aliphatic heterocycles. The second kappa shape index (κ2) is 4.27. The fraction of sp³-hybridized carbons (Fsp3) is 0.167. The van der Waals surface area contributed by atoms with Gasteiger partial charge in [0.25, 0.3) is 0 Å². The molecule has 7 heteroatoms. The number of hydrogen-bond acceptors (Lipinski definition) is 2. The third-order valence-corrected chi connectivity index (χ3v) is 3.35. The second-order valence-corrected chi connectivity index (χ2v) is 4.64. The minimum absolute atomic E-state index is 0.209. The first kappa shape index (κ1) is 12.0. The topological polar surface area (TPSA) is 38.5 Å². The molecule has 0 aliphatic rings. The van der Waals surface area contributed by atoms with Gasteiger partial charge in [-0.25, -0.2) is 13.8 Å². The summed E-state index contributed by atoms with van der Waals surface area (Å²) in [5.74, 6) is -0.533. The molecule has 2 aromatic heterocycles. The van der Waals surface area contributed by atoms with Gasteiger partial charge in [-0.2, -0.15) is 0 Å². The normalized spacial score (nSPS) is 11.3. The largest absolute Gasteiger partial charge is 0.337 e. The van der Waals surface area contributed by atoms with Crippen LogP contribution in [0.3, 0.4) is 0 Å². The minimum atomic E-state index is -0.653. The van der Waals surface area contributed by atoms with Gasteiger partial charge in [-0.05, 0) is 18.3 Å². The van der Waals surface area contributed by atoms with Gasteiger partial charge >= 0.3 is 0 Å². The Kier molecular flexibility index (Phi) is 2.70. The van der Waals surface area contributed by atoms with Crippen molar-refractivity contribution >= 4 is 23.3 Å². The molecule has 0 saturated carbocycles. The monoisotopic (exact) mass is 280 g/mol. The van der Waals surface area contributed by atoms with Crippen LogP contribution in [0.15, 0.2) is 24.5 Å². The quantitative estimate of drug-likeness (QED) is 0.733. The molecule has 0 atom stereocenters. The van der Waals surface area contributed by atoms with Crippen LogP contribution in [0.1, 0.15) is 5.82 Å². The van der Waals surface area contributed by atoms with E-state index in [2.05, 4.69) is 9.97 Å². The molecule has 3 aromatic rings. The molecular weight excluding hydrogens is 270 g/mol. The zero-order valence-corrected chi connectivity index (χ0v) is 10.8. The molecule has 0 bridgehead atoms. The summed E-state index contributed by atoms with van der Waals surface area (Å²) < 4.78 is 30.8. The molecule has 4 nitrogen and oxygen atoms in total. The molecular formula is C12H10F2N4S. The summed E-state index contributed by atoms with van der Waals surface area (Å²) in [6.07, 6.45) is 3.46. The summed E-state index contributed by atoms with van der Waals surface area (Å²) in [5, 5.41) is 0. The Balaban J connectivity index is 2.21. The van der Waals surface area contributed by atoms with Crippen molar-refractivity contribution in [2.45, 2.75) is 6.54 Å². The molecule has 0 saturated heterocycles. The van der Waals surface area contributed by atoms with Gasteiger partial charge in [0.15, 0.2) is 10.6 Å². The van der Waals surface area contributed by atoms with E-state index in [1.807, 2.05) is 11.6 Å². The molecule has 1 aromatic carbocycles. The van der Waals surface area contributed by atoms with Crippen molar-refractivity contribution in [2.24, 2.45) is 7.05 Å². The van der Waals surface area contributed by atoms with Gasteiger partial charge in [0.05, 0.1) is 12.1 Å². The first-order valence-electron chi connectivity index (χ1n) is 5.60. The average molecular weight is 280 g/mol. The summed E-state index contributed by atoms with van der Waals surface area (Å²) in [6.45, 7) is 0.352. The van der Waals surface area contributed by atoms with Crippen LogP contribution in [0.2, 0.25) is 0 Å². The molecule has 19 heavy (non-hydrogen) atoms. The highest BCUT2D eigenvalue weighted by Gasteiger charge is 2.12. The van der Waals surface area contributed by atoms with Crippen LogP contribution in [-0.4, -0.2) is 19.1 Å². The summed E-state index contributed by atoms with van der Waals surface area (Å²) in [6, 6.07) is 2.09. The van der Waals surface area contributed by atoms with E-state index < -0.39 is 11.6 Å². The van der Waals surface area contributed by atoms with Crippen LogP contribution >= 0.6 is 12.2 Å². The highest BCUT2D eigenvalue weighted by Crippen LogP contribution is 2.20. The van der Waals surface area contributed by atoms with E-state index in [1.165, 1.54) is 6.07 Å². The lowest BCUT2D eigenvalue weighted by atomic mass is 10.3. The lowest BCUT2D eigenvalue weighted by Crippen LogP contribution is -2.06. The van der Waals surface area contributed by atoms with Gasteiger partial charge in [-0.1, -0.05) is 0 Å². The van der Waals surface area contributed by atoms with E-state index in [1.54, 1.807) is 17.0 Å². The summed E-state index contributed by atoms with van der Waals surface area (Å²) in [5.41, 5.74) is 0.603. The van der Waals surface area contributed by atoms with Crippen LogP contribution in [0.25, 0.3) is 11.0 Å². The van der Waals surface area contributed by atoms with E-state index >= 15 is 0 Å². The number of fused-ring (bicyclic) bond motifs is 1. The fourth-order valence-electron chi connectivity index (χ4n) is 2.03. The van der Waals surface area contributed by atoms with Gasteiger partial charge in [0.1, 0.15) is 17.2 Å². The summed E-state index contributed by atoms with van der Waals surface area (Å²) in [4.78, 5) is 6.93. The third kappa shape index (κ3) is 1.95. The molecule has 0 radical (unpaired) electrons. The molecule has 2 heterocycles. The van der Waals surface area contributed by atoms with Crippen molar-refractivity contribution in [2.75, 3.05) is 0 Å². The minimum Gasteiger partial charge on any atom is -0.337 e. The Morgan fingerprint density at radius 3 is 2.84 bits per heavy atom. The van der Waals surface area contributed by atoms with Crippen LogP contribution < -0.4 is 0 Å². The predicted octanol–water partition coefficient (Wildman–Crippen LogP) is 2.76. The fourth-order valence-corrected chi connectivity index (χ4v) is 2.29. The predicted molar refractivity (Wildman–Crippen MR) is 69.3 cm³/mol. The SMILES string of the molecule is Cn1ccnc1Cn1c(=S)[nH]c2c(F)cc(F)cc21.